The molecule has 0 bridgehead atoms. The highest BCUT2D eigenvalue weighted by Gasteiger charge is 2.23. The number of hydrogen-bond donors (Lipinski definition) is 1. The van der Waals surface area contributed by atoms with Gasteiger partial charge in [0.25, 0.3) is 11.6 Å². The Kier molecular flexibility index (Phi) is 5.66. The van der Waals surface area contributed by atoms with Gasteiger partial charge in [0.05, 0.1) is 15.5 Å². The van der Waals surface area contributed by atoms with E-state index >= 15 is 0 Å². The summed E-state index contributed by atoms with van der Waals surface area (Å²) >= 11 is 5.70. The van der Waals surface area contributed by atoms with Gasteiger partial charge in [-0.25, -0.2) is 9.78 Å². The number of aromatic nitrogens is 1. The summed E-state index contributed by atoms with van der Waals surface area (Å²) in [6.07, 6.45) is 0.240. The smallest absolute Gasteiger partial charge is 0.339 e. The van der Waals surface area contributed by atoms with Crippen molar-refractivity contribution in [2.24, 2.45) is 0 Å². The average molecular weight is 364 g/mol. The molecule has 25 heavy (non-hydrogen) atoms. The van der Waals surface area contributed by atoms with Crippen LogP contribution in [0.4, 0.5) is 11.5 Å². The zero-order chi connectivity index (χ0) is 18.6. The Morgan fingerprint density at radius 1 is 1.32 bits per heavy atom. The lowest BCUT2D eigenvalue weighted by Gasteiger charge is -2.14. The van der Waals surface area contributed by atoms with Crippen molar-refractivity contribution in [1.29, 1.82) is 0 Å². The topological polar surface area (TPSA) is 111 Å². The molecule has 9 heteroatoms. The van der Waals surface area contributed by atoms with Crippen LogP contribution in [0.15, 0.2) is 36.5 Å². The van der Waals surface area contributed by atoms with E-state index in [4.69, 9.17) is 16.3 Å². The summed E-state index contributed by atoms with van der Waals surface area (Å²) in [5, 5.41) is 13.8. The summed E-state index contributed by atoms with van der Waals surface area (Å²) in [6, 6.07) is 7.11. The number of nitro groups is 1. The minimum atomic E-state index is -1.12. The van der Waals surface area contributed by atoms with Gasteiger partial charge in [-0.2, -0.15) is 0 Å². The molecule has 0 saturated carbocycles. The molecule has 1 aromatic heterocycles. The van der Waals surface area contributed by atoms with E-state index in [0.29, 0.717) is 5.02 Å². The predicted molar refractivity (Wildman–Crippen MR) is 90.6 cm³/mol. The number of anilines is 1. The number of ether oxygens (including phenoxy) is 1. The molecule has 8 nitrogen and oxygen atoms in total. The fourth-order valence-corrected chi connectivity index (χ4v) is 2.11. The molecule has 0 spiro atoms. The number of benzene rings is 1. The summed E-state index contributed by atoms with van der Waals surface area (Å²) in [7, 11) is 0. The van der Waals surface area contributed by atoms with Gasteiger partial charge in [-0.15, -0.1) is 0 Å². The van der Waals surface area contributed by atoms with Crippen LogP contribution in [0.5, 0.6) is 0 Å². The van der Waals surface area contributed by atoms with Crippen LogP contribution in [0, 0.1) is 17.0 Å². The van der Waals surface area contributed by atoms with Crippen molar-refractivity contribution in [2.75, 3.05) is 5.32 Å². The highest BCUT2D eigenvalue weighted by molar-refractivity contribution is 6.30. The van der Waals surface area contributed by atoms with Gasteiger partial charge in [0.2, 0.25) is 0 Å². The molecule has 1 heterocycles. The van der Waals surface area contributed by atoms with Crippen molar-refractivity contribution >= 4 is 35.0 Å². The van der Waals surface area contributed by atoms with Crippen LogP contribution >= 0.6 is 11.6 Å². The van der Waals surface area contributed by atoms with Gasteiger partial charge in [-0.1, -0.05) is 17.7 Å². The van der Waals surface area contributed by atoms with Crippen LogP contribution < -0.4 is 5.32 Å². The molecule has 1 atom stereocenters. The maximum absolute atomic E-state index is 12.2. The molecule has 0 saturated heterocycles. The van der Waals surface area contributed by atoms with Gasteiger partial charge in [0.1, 0.15) is 5.82 Å². The molecule has 0 aliphatic rings. The molecule has 0 radical (unpaired) electrons. The van der Waals surface area contributed by atoms with Crippen LogP contribution in [0.2, 0.25) is 5.02 Å². The van der Waals surface area contributed by atoms with Crippen molar-refractivity contribution in [1.82, 2.24) is 4.98 Å². The SMILES string of the molecule is Cc1c(C(=O)O[C@H](C)C(=O)Nc2ccc(Cl)cn2)cccc1[N+](=O)[O-]. The Morgan fingerprint density at radius 3 is 2.64 bits per heavy atom. The van der Waals surface area contributed by atoms with Gasteiger partial charge in [0.15, 0.2) is 6.10 Å². The molecular formula is C16H14ClN3O5. The fourth-order valence-electron chi connectivity index (χ4n) is 2.00. The number of pyridine rings is 1. The van der Waals surface area contributed by atoms with Crippen LogP contribution in [-0.2, 0) is 9.53 Å². The lowest BCUT2D eigenvalue weighted by atomic mass is 10.1. The maximum Gasteiger partial charge on any atom is 0.339 e. The normalized spacial score (nSPS) is 11.5. The number of hydrogen-bond acceptors (Lipinski definition) is 6. The Bertz CT molecular complexity index is 823. The molecule has 1 aromatic carbocycles. The second-order valence-corrected chi connectivity index (χ2v) is 5.54. The first-order valence-corrected chi connectivity index (χ1v) is 7.54. The summed E-state index contributed by atoms with van der Waals surface area (Å²) in [5.74, 6) is -1.16. The van der Waals surface area contributed by atoms with Crippen LogP contribution in [-0.4, -0.2) is 27.9 Å². The van der Waals surface area contributed by atoms with Crippen molar-refractivity contribution in [3.63, 3.8) is 0 Å². The van der Waals surface area contributed by atoms with Gasteiger partial charge in [0, 0.05) is 17.8 Å². The molecule has 1 amide bonds. The highest BCUT2D eigenvalue weighted by atomic mass is 35.5. The van der Waals surface area contributed by atoms with E-state index < -0.39 is 22.9 Å². The number of carbonyl (C=O) groups is 2. The molecular weight excluding hydrogens is 350 g/mol. The van der Waals surface area contributed by atoms with E-state index in [2.05, 4.69) is 10.3 Å². The third kappa shape index (κ3) is 4.51. The number of nitrogens with one attached hydrogen (secondary N) is 1. The third-order valence-electron chi connectivity index (χ3n) is 3.35. The first-order chi connectivity index (χ1) is 11.8. The summed E-state index contributed by atoms with van der Waals surface area (Å²) in [6.45, 7) is 2.83. The summed E-state index contributed by atoms with van der Waals surface area (Å²) in [5.41, 5.74) is -0.000127. The van der Waals surface area contributed by atoms with Crippen molar-refractivity contribution < 1.29 is 19.2 Å². The predicted octanol–water partition coefficient (Wildman–Crippen LogP) is 3.14. The van der Waals surface area contributed by atoms with Crippen LogP contribution in [0.3, 0.4) is 0 Å². The maximum atomic E-state index is 12.2. The summed E-state index contributed by atoms with van der Waals surface area (Å²) < 4.78 is 5.08. The number of amides is 1. The largest absolute Gasteiger partial charge is 0.449 e. The third-order valence-corrected chi connectivity index (χ3v) is 3.58. The van der Waals surface area contributed by atoms with Gasteiger partial charge in [-0.05, 0) is 32.0 Å². The van der Waals surface area contributed by atoms with Crippen molar-refractivity contribution in [2.45, 2.75) is 20.0 Å². The first-order valence-electron chi connectivity index (χ1n) is 7.17. The standard InChI is InChI=1S/C16H14ClN3O5/c1-9-12(4-3-5-13(9)20(23)24)16(22)25-10(2)15(21)19-14-7-6-11(17)8-18-14/h3-8,10H,1-2H3,(H,18,19,21)/t10-/m1/s1. The fraction of sp³-hybridized carbons (Fsp3) is 0.188. The van der Waals surface area contributed by atoms with Crippen molar-refractivity contribution in [3.8, 4) is 0 Å². The van der Waals surface area contributed by atoms with E-state index in [0.717, 1.165) is 0 Å². The molecule has 2 rings (SSSR count). The number of carbonyl (C=O) groups excluding carboxylic acids is 2. The van der Waals surface area contributed by atoms with E-state index in [1.807, 2.05) is 0 Å². The zero-order valence-corrected chi connectivity index (χ0v) is 14.1. The molecule has 130 valence electrons. The summed E-state index contributed by atoms with van der Waals surface area (Å²) in [4.78, 5) is 38.5. The Morgan fingerprint density at radius 2 is 2.04 bits per heavy atom. The quantitative estimate of drug-likeness (QED) is 0.496. The second kappa shape index (κ2) is 7.71. The Balaban J connectivity index is 2.07. The van der Waals surface area contributed by atoms with E-state index in [1.54, 1.807) is 6.07 Å². The number of esters is 1. The molecule has 2 aromatic rings. The average Bonchev–Trinajstić information content (AvgIpc) is 2.56. The number of nitro benzene ring substituents is 1. The van der Waals surface area contributed by atoms with Gasteiger partial charge in [-0.3, -0.25) is 14.9 Å². The van der Waals surface area contributed by atoms with Gasteiger partial charge >= 0.3 is 5.97 Å². The minimum Gasteiger partial charge on any atom is -0.449 e. The second-order valence-electron chi connectivity index (χ2n) is 5.11. The number of rotatable bonds is 5. The Hall–Kier alpha value is -3.00. The zero-order valence-electron chi connectivity index (χ0n) is 13.4. The van der Waals surface area contributed by atoms with E-state index in [1.165, 1.54) is 44.3 Å². The van der Waals surface area contributed by atoms with Gasteiger partial charge < -0.3 is 10.1 Å². The number of nitrogens with zero attached hydrogens (tertiary/aromatic N) is 2. The molecule has 0 aliphatic heterocycles. The van der Waals surface area contributed by atoms with E-state index in [-0.39, 0.29) is 22.6 Å². The van der Waals surface area contributed by atoms with Crippen molar-refractivity contribution in [3.05, 3.63) is 62.8 Å². The van der Waals surface area contributed by atoms with Crippen LogP contribution in [0.1, 0.15) is 22.8 Å². The molecule has 0 aliphatic carbocycles. The molecule has 0 unspecified atom stereocenters. The number of halogens is 1. The highest BCUT2D eigenvalue weighted by Crippen LogP contribution is 2.22. The monoisotopic (exact) mass is 363 g/mol. The lowest BCUT2D eigenvalue weighted by molar-refractivity contribution is -0.385. The minimum absolute atomic E-state index is 0.0264. The Labute approximate surface area is 147 Å². The van der Waals surface area contributed by atoms with Crippen LogP contribution in [0.25, 0.3) is 0 Å². The molecule has 0 fully saturated rings. The molecule has 1 N–H and O–H groups in total. The van der Waals surface area contributed by atoms with E-state index in [9.17, 15) is 19.7 Å². The lowest BCUT2D eigenvalue weighted by Crippen LogP contribution is -2.30. The first kappa shape index (κ1) is 18.3.